The molecule has 176 valence electrons. The Balaban J connectivity index is 1.71. The first-order valence-corrected chi connectivity index (χ1v) is 10.3. The molecule has 0 bridgehead atoms. The number of aromatic nitrogens is 1. The van der Waals surface area contributed by atoms with E-state index in [0.29, 0.717) is 16.9 Å². The van der Waals surface area contributed by atoms with Crippen molar-refractivity contribution >= 4 is 29.3 Å². The van der Waals surface area contributed by atoms with Crippen molar-refractivity contribution in [3.05, 3.63) is 83.7 Å². The van der Waals surface area contributed by atoms with E-state index in [0.717, 1.165) is 5.56 Å². The van der Waals surface area contributed by atoms with Crippen LogP contribution in [-0.4, -0.2) is 34.2 Å². The van der Waals surface area contributed by atoms with Crippen molar-refractivity contribution in [3.8, 4) is 5.75 Å². The number of hydrogen-bond donors (Lipinski definition) is 4. The van der Waals surface area contributed by atoms with Crippen LogP contribution < -0.4 is 21.1 Å². The molecule has 0 fully saturated rings. The molecule has 0 saturated heterocycles. The minimum Gasteiger partial charge on any atom is -0.445 e. The van der Waals surface area contributed by atoms with Crippen molar-refractivity contribution in [2.24, 2.45) is 0 Å². The number of nitrogen functional groups attached to an aromatic ring is 1. The van der Waals surface area contributed by atoms with Gasteiger partial charge in [-0.2, -0.15) is 0 Å². The fourth-order valence-electron chi connectivity index (χ4n) is 2.80. The second-order valence-electron chi connectivity index (χ2n) is 7.26. The molecule has 0 saturated carbocycles. The molecular weight excluding hydrogens is 440 g/mol. The first kappa shape index (κ1) is 24.2. The molecule has 0 radical (unpaired) electrons. The van der Waals surface area contributed by atoms with Crippen LogP contribution in [0.5, 0.6) is 5.75 Å². The van der Waals surface area contributed by atoms with Gasteiger partial charge >= 0.3 is 12.1 Å². The van der Waals surface area contributed by atoms with Crippen molar-refractivity contribution in [2.75, 3.05) is 11.1 Å². The number of nitrogens with one attached hydrogen (secondary N) is 2. The average molecular weight is 464 g/mol. The number of pyridine rings is 1. The summed E-state index contributed by atoms with van der Waals surface area (Å²) in [5.41, 5.74) is 7.93. The second-order valence-corrected chi connectivity index (χ2v) is 7.26. The van der Waals surface area contributed by atoms with Crippen LogP contribution in [0, 0.1) is 0 Å². The molecule has 1 aromatic heterocycles. The number of amides is 2. The van der Waals surface area contributed by atoms with Gasteiger partial charge < -0.3 is 30.9 Å². The zero-order valence-electron chi connectivity index (χ0n) is 18.4. The first-order chi connectivity index (χ1) is 16.3. The highest BCUT2D eigenvalue weighted by molar-refractivity contribution is 6.08. The Hall–Kier alpha value is -4.44. The van der Waals surface area contributed by atoms with Gasteiger partial charge in [0.1, 0.15) is 18.5 Å². The van der Waals surface area contributed by atoms with E-state index in [1.807, 2.05) is 0 Å². The van der Waals surface area contributed by atoms with E-state index in [1.54, 1.807) is 54.9 Å². The predicted octanol–water partition coefficient (Wildman–Crippen LogP) is 2.63. The van der Waals surface area contributed by atoms with Crippen LogP contribution in [-0.2, 0) is 22.7 Å². The van der Waals surface area contributed by atoms with Gasteiger partial charge in [0.05, 0.1) is 16.9 Å². The van der Waals surface area contributed by atoms with Crippen molar-refractivity contribution in [3.63, 3.8) is 0 Å². The molecule has 0 spiro atoms. The summed E-state index contributed by atoms with van der Waals surface area (Å²) in [6.07, 6.45) is 1.14. The topological polar surface area (TPSA) is 153 Å². The maximum absolute atomic E-state index is 12.8. The Bertz CT molecular complexity index is 1170. The molecular formula is C24H24N4O6. The summed E-state index contributed by atoms with van der Waals surface area (Å²) in [5, 5.41) is 14.8. The molecule has 5 N–H and O–H groups in total. The van der Waals surface area contributed by atoms with E-state index >= 15 is 0 Å². The lowest BCUT2D eigenvalue weighted by atomic mass is 10.1. The van der Waals surface area contributed by atoms with E-state index in [9.17, 15) is 19.5 Å². The molecule has 1 atom stereocenters. The van der Waals surface area contributed by atoms with Gasteiger partial charge in [-0.25, -0.2) is 9.59 Å². The third-order valence-electron chi connectivity index (χ3n) is 4.58. The quantitative estimate of drug-likeness (QED) is 0.225. The lowest BCUT2D eigenvalue weighted by molar-refractivity contribution is -0.142. The fraction of sp³-hybridized carbons (Fsp3) is 0.167. The SMILES string of the molecule is CC(O)C(=O)Oc1cc(CNC(=O)OCc2cccnc2)ccc1C(=O)Nc1ccccc1N. The normalized spacial score (nSPS) is 11.2. The summed E-state index contributed by atoms with van der Waals surface area (Å²) in [6, 6.07) is 14.7. The number of hydrogen-bond acceptors (Lipinski definition) is 8. The maximum atomic E-state index is 12.8. The number of nitrogens with two attached hydrogens (primary N) is 1. The Morgan fingerprint density at radius 3 is 2.59 bits per heavy atom. The molecule has 3 aromatic rings. The van der Waals surface area contributed by atoms with Crippen LogP contribution in [0.25, 0.3) is 0 Å². The van der Waals surface area contributed by atoms with E-state index in [1.165, 1.54) is 19.1 Å². The number of carbonyl (C=O) groups excluding carboxylic acids is 3. The van der Waals surface area contributed by atoms with Crippen molar-refractivity contribution in [1.82, 2.24) is 10.3 Å². The van der Waals surface area contributed by atoms with Gasteiger partial charge in [0.2, 0.25) is 0 Å². The standard InChI is InChI=1S/C24H24N4O6/c1-15(29)23(31)34-21-11-16(13-27-24(32)33-14-17-5-4-10-26-12-17)8-9-18(21)22(30)28-20-7-3-2-6-19(20)25/h2-12,15,29H,13-14,25H2,1H3,(H,27,32)(H,28,30). The van der Waals surface area contributed by atoms with Gasteiger partial charge in [0, 0.05) is 24.5 Å². The van der Waals surface area contributed by atoms with E-state index in [2.05, 4.69) is 15.6 Å². The van der Waals surface area contributed by atoms with Gasteiger partial charge in [0.25, 0.3) is 5.91 Å². The number of alkyl carbamates (subject to hydrolysis) is 1. The van der Waals surface area contributed by atoms with Crippen LogP contribution in [0.4, 0.5) is 16.2 Å². The molecule has 10 heteroatoms. The highest BCUT2D eigenvalue weighted by Gasteiger charge is 2.19. The molecule has 34 heavy (non-hydrogen) atoms. The summed E-state index contributed by atoms with van der Waals surface area (Å²) in [6.45, 7) is 1.34. The van der Waals surface area contributed by atoms with Crippen molar-refractivity contribution < 1.29 is 29.0 Å². The smallest absolute Gasteiger partial charge is 0.407 e. The number of aliphatic hydroxyl groups excluding tert-OH is 1. The van der Waals surface area contributed by atoms with Gasteiger partial charge in [-0.05, 0) is 42.8 Å². The summed E-state index contributed by atoms with van der Waals surface area (Å²) >= 11 is 0. The lowest BCUT2D eigenvalue weighted by Crippen LogP contribution is -2.25. The number of ether oxygens (including phenoxy) is 2. The van der Waals surface area contributed by atoms with Crippen LogP contribution >= 0.6 is 0 Å². The molecule has 0 aliphatic rings. The van der Waals surface area contributed by atoms with E-state index in [-0.39, 0.29) is 24.5 Å². The lowest BCUT2D eigenvalue weighted by Gasteiger charge is -2.14. The summed E-state index contributed by atoms with van der Waals surface area (Å²) in [5.74, 6) is -1.59. The molecule has 10 nitrogen and oxygen atoms in total. The zero-order valence-corrected chi connectivity index (χ0v) is 18.4. The predicted molar refractivity (Wildman–Crippen MR) is 124 cm³/mol. The minimum atomic E-state index is -1.40. The Morgan fingerprint density at radius 2 is 1.88 bits per heavy atom. The highest BCUT2D eigenvalue weighted by atomic mass is 16.6. The number of para-hydroxylation sites is 2. The fourth-order valence-corrected chi connectivity index (χ4v) is 2.80. The molecule has 2 amide bonds. The molecule has 1 heterocycles. The summed E-state index contributed by atoms with van der Waals surface area (Å²) in [7, 11) is 0. The summed E-state index contributed by atoms with van der Waals surface area (Å²) < 4.78 is 10.3. The highest BCUT2D eigenvalue weighted by Crippen LogP contribution is 2.24. The van der Waals surface area contributed by atoms with Crippen LogP contribution in [0.3, 0.4) is 0 Å². The number of nitrogens with zero attached hydrogens (tertiary/aromatic N) is 1. The zero-order chi connectivity index (χ0) is 24.5. The number of rotatable bonds is 8. The Morgan fingerprint density at radius 1 is 1.09 bits per heavy atom. The van der Waals surface area contributed by atoms with Gasteiger partial charge in [-0.3, -0.25) is 9.78 Å². The number of carbonyl (C=O) groups is 3. The second kappa shape index (κ2) is 11.4. The number of esters is 1. The summed E-state index contributed by atoms with van der Waals surface area (Å²) in [4.78, 5) is 40.7. The van der Waals surface area contributed by atoms with Gasteiger partial charge in [-0.15, -0.1) is 0 Å². The maximum Gasteiger partial charge on any atom is 0.407 e. The first-order valence-electron chi connectivity index (χ1n) is 10.3. The minimum absolute atomic E-state index is 0.0403. The average Bonchev–Trinajstić information content (AvgIpc) is 2.83. The molecule has 0 aliphatic heterocycles. The third-order valence-corrected chi connectivity index (χ3v) is 4.58. The molecule has 1 unspecified atom stereocenters. The molecule has 0 aliphatic carbocycles. The van der Waals surface area contributed by atoms with Gasteiger partial charge in [-0.1, -0.05) is 24.3 Å². The van der Waals surface area contributed by atoms with E-state index in [4.69, 9.17) is 15.2 Å². The van der Waals surface area contributed by atoms with E-state index < -0.39 is 24.1 Å². The number of benzene rings is 2. The third kappa shape index (κ3) is 6.78. The Labute approximate surface area is 195 Å². The molecule has 2 aromatic carbocycles. The molecule has 3 rings (SSSR count). The van der Waals surface area contributed by atoms with Crippen LogP contribution in [0.2, 0.25) is 0 Å². The monoisotopic (exact) mass is 464 g/mol. The number of aliphatic hydroxyl groups is 1. The van der Waals surface area contributed by atoms with Crippen molar-refractivity contribution in [1.29, 1.82) is 0 Å². The van der Waals surface area contributed by atoms with Crippen LogP contribution in [0.1, 0.15) is 28.4 Å². The van der Waals surface area contributed by atoms with Gasteiger partial charge in [0.15, 0.2) is 0 Å². The van der Waals surface area contributed by atoms with Crippen LogP contribution in [0.15, 0.2) is 67.0 Å². The number of anilines is 2. The Kier molecular flexibility index (Phi) is 8.14. The van der Waals surface area contributed by atoms with Crippen molar-refractivity contribution in [2.45, 2.75) is 26.2 Å². The largest absolute Gasteiger partial charge is 0.445 e.